The van der Waals surface area contributed by atoms with Crippen molar-refractivity contribution < 1.29 is 23.8 Å². The van der Waals surface area contributed by atoms with E-state index in [1.54, 1.807) is 20.8 Å². The molecule has 1 heterocycles. The summed E-state index contributed by atoms with van der Waals surface area (Å²) in [5.74, 6) is -0.469. The Labute approximate surface area is 149 Å². The zero-order valence-corrected chi connectivity index (χ0v) is 15.4. The number of carbonyl (C=O) groups is 2. The Kier molecular flexibility index (Phi) is 6.06. The smallest absolute Gasteiger partial charge is 0.411 e. The molecule has 0 saturated carbocycles. The van der Waals surface area contributed by atoms with Gasteiger partial charge in [-0.1, -0.05) is 30.3 Å². The van der Waals surface area contributed by atoms with Crippen LogP contribution in [0.15, 0.2) is 30.3 Å². The predicted octanol–water partition coefficient (Wildman–Crippen LogP) is 3.15. The average molecular weight is 349 g/mol. The quantitative estimate of drug-likeness (QED) is 0.764. The molecule has 0 aromatic heterocycles. The number of hydrogen-bond donors (Lipinski definition) is 0. The standard InChI is InChI=1S/C19H27NO5/c1-18(2,3)25-17(22)20-12-8-11-19(20,16(21)23-4)14-24-13-15-9-6-5-7-10-15/h5-7,9-10H,8,11-14H2,1-4H3/t19-/m0/s1. The van der Waals surface area contributed by atoms with Gasteiger partial charge in [0, 0.05) is 6.54 Å². The van der Waals surface area contributed by atoms with Crippen LogP contribution >= 0.6 is 0 Å². The van der Waals surface area contributed by atoms with E-state index in [4.69, 9.17) is 14.2 Å². The van der Waals surface area contributed by atoms with E-state index in [9.17, 15) is 9.59 Å². The van der Waals surface area contributed by atoms with E-state index in [0.717, 1.165) is 5.56 Å². The number of benzene rings is 1. The Morgan fingerprint density at radius 2 is 1.88 bits per heavy atom. The molecule has 0 bridgehead atoms. The second kappa shape index (κ2) is 7.87. The summed E-state index contributed by atoms with van der Waals surface area (Å²) in [6.45, 7) is 6.28. The summed E-state index contributed by atoms with van der Waals surface area (Å²) >= 11 is 0. The summed E-state index contributed by atoms with van der Waals surface area (Å²) in [6, 6.07) is 9.69. The summed E-state index contributed by atoms with van der Waals surface area (Å²) < 4.78 is 16.2. The van der Waals surface area contributed by atoms with Gasteiger partial charge in [0.15, 0.2) is 5.54 Å². The molecule has 0 spiro atoms. The maximum absolute atomic E-state index is 12.6. The molecule has 6 nitrogen and oxygen atoms in total. The van der Waals surface area contributed by atoms with E-state index in [1.807, 2.05) is 30.3 Å². The van der Waals surface area contributed by atoms with E-state index in [0.29, 0.717) is 26.0 Å². The molecule has 1 aromatic rings. The number of esters is 1. The van der Waals surface area contributed by atoms with Crippen molar-refractivity contribution in [2.24, 2.45) is 0 Å². The van der Waals surface area contributed by atoms with Crippen molar-refractivity contribution in [2.75, 3.05) is 20.3 Å². The number of ether oxygens (including phenoxy) is 3. The first-order valence-electron chi connectivity index (χ1n) is 8.49. The van der Waals surface area contributed by atoms with Gasteiger partial charge in [-0.15, -0.1) is 0 Å². The molecule has 2 rings (SSSR count). The highest BCUT2D eigenvalue weighted by Gasteiger charge is 2.52. The minimum Gasteiger partial charge on any atom is -0.467 e. The van der Waals surface area contributed by atoms with Crippen LogP contribution in [0.4, 0.5) is 4.79 Å². The molecule has 1 fully saturated rings. The van der Waals surface area contributed by atoms with Crippen LogP contribution < -0.4 is 0 Å². The monoisotopic (exact) mass is 349 g/mol. The molecule has 1 atom stereocenters. The van der Waals surface area contributed by atoms with Crippen LogP contribution in [-0.4, -0.2) is 48.4 Å². The van der Waals surface area contributed by atoms with E-state index < -0.39 is 23.2 Å². The zero-order chi connectivity index (χ0) is 18.5. The second-order valence-corrected chi connectivity index (χ2v) is 7.24. The highest BCUT2D eigenvalue weighted by molar-refractivity contribution is 5.86. The van der Waals surface area contributed by atoms with E-state index >= 15 is 0 Å². The number of hydrogen-bond acceptors (Lipinski definition) is 5. The number of amides is 1. The van der Waals surface area contributed by atoms with Gasteiger partial charge in [-0.25, -0.2) is 9.59 Å². The summed E-state index contributed by atoms with van der Waals surface area (Å²) in [5.41, 5.74) is -0.762. The number of nitrogens with zero attached hydrogens (tertiary/aromatic N) is 1. The zero-order valence-electron chi connectivity index (χ0n) is 15.4. The van der Waals surface area contributed by atoms with Gasteiger partial charge in [-0.3, -0.25) is 4.90 Å². The normalized spacial score (nSPS) is 20.4. The molecular formula is C19H27NO5. The Morgan fingerprint density at radius 3 is 2.48 bits per heavy atom. The summed E-state index contributed by atoms with van der Waals surface area (Å²) in [6.07, 6.45) is 0.676. The SMILES string of the molecule is COC(=O)[C@@]1(COCc2ccccc2)CCCN1C(=O)OC(C)(C)C. The molecule has 1 aliphatic rings. The minimum absolute atomic E-state index is 0.0772. The molecule has 0 aliphatic carbocycles. The van der Waals surface area contributed by atoms with Crippen molar-refractivity contribution in [1.82, 2.24) is 4.90 Å². The van der Waals surface area contributed by atoms with Crippen LogP contribution in [0, 0.1) is 0 Å². The van der Waals surface area contributed by atoms with Crippen LogP contribution in [0.3, 0.4) is 0 Å². The summed E-state index contributed by atoms with van der Waals surface area (Å²) in [4.78, 5) is 26.5. The third-order valence-electron chi connectivity index (χ3n) is 4.12. The lowest BCUT2D eigenvalue weighted by atomic mass is 9.97. The minimum atomic E-state index is -1.13. The van der Waals surface area contributed by atoms with Gasteiger partial charge in [0.1, 0.15) is 5.60 Å². The molecule has 6 heteroatoms. The molecule has 25 heavy (non-hydrogen) atoms. The van der Waals surface area contributed by atoms with Crippen molar-refractivity contribution in [3.8, 4) is 0 Å². The fraction of sp³-hybridized carbons (Fsp3) is 0.579. The van der Waals surface area contributed by atoms with E-state index in [1.165, 1.54) is 12.0 Å². The molecule has 0 N–H and O–H groups in total. The maximum atomic E-state index is 12.6. The van der Waals surface area contributed by atoms with Crippen LogP contribution in [0.2, 0.25) is 0 Å². The van der Waals surface area contributed by atoms with Gasteiger partial charge < -0.3 is 14.2 Å². The third kappa shape index (κ3) is 4.72. The molecular weight excluding hydrogens is 322 g/mol. The van der Waals surface area contributed by atoms with Crippen LogP contribution in [0.5, 0.6) is 0 Å². The first kappa shape index (κ1) is 19.2. The lowest BCUT2D eigenvalue weighted by Crippen LogP contribution is -2.57. The second-order valence-electron chi connectivity index (χ2n) is 7.24. The Balaban J connectivity index is 2.12. The van der Waals surface area contributed by atoms with Crippen molar-refractivity contribution >= 4 is 12.1 Å². The molecule has 1 saturated heterocycles. The molecule has 1 amide bonds. The van der Waals surface area contributed by atoms with Gasteiger partial charge >= 0.3 is 12.1 Å². The van der Waals surface area contributed by atoms with Crippen molar-refractivity contribution in [3.63, 3.8) is 0 Å². The van der Waals surface area contributed by atoms with Gasteiger partial charge in [0.2, 0.25) is 0 Å². The number of rotatable bonds is 5. The Hall–Kier alpha value is -2.08. The molecule has 1 aromatic carbocycles. The van der Waals surface area contributed by atoms with Crippen LogP contribution in [-0.2, 0) is 25.6 Å². The lowest BCUT2D eigenvalue weighted by Gasteiger charge is -2.36. The first-order chi connectivity index (χ1) is 11.8. The van der Waals surface area contributed by atoms with E-state index in [-0.39, 0.29) is 6.61 Å². The summed E-state index contributed by atoms with van der Waals surface area (Å²) in [7, 11) is 1.33. The first-order valence-corrected chi connectivity index (χ1v) is 8.49. The lowest BCUT2D eigenvalue weighted by molar-refractivity contribution is -0.157. The van der Waals surface area contributed by atoms with Gasteiger partial charge in [-0.05, 0) is 39.2 Å². The molecule has 138 valence electrons. The fourth-order valence-corrected chi connectivity index (χ4v) is 2.98. The Bertz CT molecular complexity index is 596. The van der Waals surface area contributed by atoms with Crippen molar-refractivity contribution in [2.45, 2.75) is 51.4 Å². The topological polar surface area (TPSA) is 65.1 Å². The van der Waals surface area contributed by atoms with E-state index in [2.05, 4.69) is 0 Å². The van der Waals surface area contributed by atoms with Crippen molar-refractivity contribution in [3.05, 3.63) is 35.9 Å². The highest BCUT2D eigenvalue weighted by atomic mass is 16.6. The van der Waals surface area contributed by atoms with Crippen molar-refractivity contribution in [1.29, 1.82) is 0 Å². The fourth-order valence-electron chi connectivity index (χ4n) is 2.98. The summed E-state index contributed by atoms with van der Waals surface area (Å²) in [5, 5.41) is 0. The number of methoxy groups -OCH3 is 1. The maximum Gasteiger partial charge on any atom is 0.411 e. The van der Waals surface area contributed by atoms with Crippen LogP contribution in [0.25, 0.3) is 0 Å². The highest BCUT2D eigenvalue weighted by Crippen LogP contribution is 2.33. The number of likely N-dealkylation sites (tertiary alicyclic amines) is 1. The van der Waals surface area contributed by atoms with Gasteiger partial charge in [0.25, 0.3) is 0 Å². The molecule has 0 unspecified atom stereocenters. The predicted molar refractivity (Wildman–Crippen MR) is 93.0 cm³/mol. The van der Waals surface area contributed by atoms with Gasteiger partial charge in [0.05, 0.1) is 20.3 Å². The van der Waals surface area contributed by atoms with Gasteiger partial charge in [-0.2, -0.15) is 0 Å². The molecule has 0 radical (unpaired) electrons. The average Bonchev–Trinajstić information content (AvgIpc) is 2.99. The molecule has 1 aliphatic heterocycles. The van der Waals surface area contributed by atoms with Crippen LogP contribution in [0.1, 0.15) is 39.2 Å². The largest absolute Gasteiger partial charge is 0.467 e. The number of carbonyl (C=O) groups excluding carboxylic acids is 2. The Morgan fingerprint density at radius 1 is 1.20 bits per heavy atom. The third-order valence-corrected chi connectivity index (χ3v) is 4.12.